The second-order valence-electron chi connectivity index (χ2n) is 4.72. The minimum absolute atomic E-state index is 0.265. The Kier molecular flexibility index (Phi) is 3.54. The Balaban J connectivity index is 2.03. The van der Waals surface area contributed by atoms with E-state index in [1.807, 2.05) is 6.92 Å². The zero-order valence-electron chi connectivity index (χ0n) is 10.3. The number of nitrogens with one attached hydrogen (secondary N) is 1. The molecular formula is C13H17NO4. The highest BCUT2D eigenvalue weighted by molar-refractivity contribution is 5.88. The predicted molar refractivity (Wildman–Crippen MR) is 67.0 cm³/mol. The molecule has 1 saturated heterocycles. The van der Waals surface area contributed by atoms with Crippen LogP contribution in [0.15, 0.2) is 18.2 Å². The maximum Gasteiger partial charge on any atom is 0.335 e. The molecule has 0 amide bonds. The highest BCUT2D eigenvalue weighted by atomic mass is 16.5. The molecule has 1 unspecified atom stereocenters. The van der Waals surface area contributed by atoms with Crippen molar-refractivity contribution in [2.45, 2.75) is 18.9 Å². The van der Waals surface area contributed by atoms with E-state index in [-0.39, 0.29) is 5.56 Å². The summed E-state index contributed by atoms with van der Waals surface area (Å²) in [6.45, 7) is 3.16. The zero-order chi connectivity index (χ0) is 13.2. The van der Waals surface area contributed by atoms with E-state index in [1.165, 1.54) is 0 Å². The summed E-state index contributed by atoms with van der Waals surface area (Å²) in [5.41, 5.74) is 1.12. The molecule has 3 N–H and O–H groups in total. The molecule has 5 nitrogen and oxygen atoms in total. The van der Waals surface area contributed by atoms with Gasteiger partial charge in [0.2, 0.25) is 0 Å². The summed E-state index contributed by atoms with van der Waals surface area (Å²) in [5.74, 6) is -0.938. The molecule has 1 heterocycles. The number of aryl methyl sites for hydroxylation is 1. The van der Waals surface area contributed by atoms with E-state index >= 15 is 0 Å². The standard InChI is InChI=1S/C13H17NO4/c1-9-6-10(12(15)16)2-3-11(9)14-7-13(17)4-5-18-8-13/h2-3,6,14,17H,4-5,7-8H2,1H3,(H,15,16). The van der Waals surface area contributed by atoms with Gasteiger partial charge in [-0.15, -0.1) is 0 Å². The van der Waals surface area contributed by atoms with Crippen molar-refractivity contribution in [1.29, 1.82) is 0 Å². The highest BCUT2D eigenvalue weighted by Gasteiger charge is 2.31. The van der Waals surface area contributed by atoms with E-state index in [9.17, 15) is 9.90 Å². The van der Waals surface area contributed by atoms with Gasteiger partial charge in [-0.2, -0.15) is 0 Å². The van der Waals surface area contributed by atoms with Crippen LogP contribution < -0.4 is 5.32 Å². The third-order valence-electron chi connectivity index (χ3n) is 3.16. The molecular weight excluding hydrogens is 234 g/mol. The maximum atomic E-state index is 10.8. The average molecular weight is 251 g/mol. The van der Waals surface area contributed by atoms with Crippen molar-refractivity contribution >= 4 is 11.7 Å². The topological polar surface area (TPSA) is 78.8 Å². The van der Waals surface area contributed by atoms with Gasteiger partial charge >= 0.3 is 5.97 Å². The van der Waals surface area contributed by atoms with Crippen molar-refractivity contribution in [2.24, 2.45) is 0 Å². The molecule has 1 aliphatic rings. The van der Waals surface area contributed by atoms with Crippen molar-refractivity contribution in [2.75, 3.05) is 25.1 Å². The van der Waals surface area contributed by atoms with E-state index < -0.39 is 11.6 Å². The van der Waals surface area contributed by atoms with Crippen molar-refractivity contribution in [1.82, 2.24) is 0 Å². The molecule has 1 aliphatic heterocycles. The smallest absolute Gasteiger partial charge is 0.335 e. The fourth-order valence-electron chi connectivity index (χ4n) is 1.99. The number of aromatic carboxylic acids is 1. The normalized spacial score (nSPS) is 23.0. The first-order chi connectivity index (χ1) is 8.50. The predicted octanol–water partition coefficient (Wildman–Crippen LogP) is 1.26. The lowest BCUT2D eigenvalue weighted by molar-refractivity contribution is 0.0382. The molecule has 1 fully saturated rings. The van der Waals surface area contributed by atoms with Gasteiger partial charge in [-0.25, -0.2) is 4.79 Å². The summed E-state index contributed by atoms with van der Waals surface area (Å²) >= 11 is 0. The first kappa shape index (κ1) is 12.9. The number of hydrogen-bond acceptors (Lipinski definition) is 4. The molecule has 0 aromatic heterocycles. The van der Waals surface area contributed by atoms with Crippen LogP contribution >= 0.6 is 0 Å². The minimum atomic E-state index is -0.938. The van der Waals surface area contributed by atoms with E-state index in [1.54, 1.807) is 18.2 Å². The lowest BCUT2D eigenvalue weighted by Crippen LogP contribution is -2.37. The number of benzene rings is 1. The Morgan fingerprint density at radius 1 is 1.56 bits per heavy atom. The van der Waals surface area contributed by atoms with Gasteiger partial charge in [0, 0.05) is 25.3 Å². The Hall–Kier alpha value is -1.59. The van der Waals surface area contributed by atoms with Crippen molar-refractivity contribution < 1.29 is 19.7 Å². The molecule has 0 bridgehead atoms. The van der Waals surface area contributed by atoms with Gasteiger partial charge in [0.25, 0.3) is 0 Å². The van der Waals surface area contributed by atoms with Crippen LogP contribution in [0.2, 0.25) is 0 Å². The Bertz CT molecular complexity index is 452. The largest absolute Gasteiger partial charge is 0.478 e. The molecule has 18 heavy (non-hydrogen) atoms. The van der Waals surface area contributed by atoms with Gasteiger partial charge in [0.1, 0.15) is 5.60 Å². The number of hydrogen-bond donors (Lipinski definition) is 3. The first-order valence-electron chi connectivity index (χ1n) is 5.88. The molecule has 0 spiro atoms. The molecule has 98 valence electrons. The van der Waals surface area contributed by atoms with Gasteiger partial charge < -0.3 is 20.3 Å². The van der Waals surface area contributed by atoms with Crippen LogP contribution in [0, 0.1) is 6.92 Å². The van der Waals surface area contributed by atoms with Gasteiger partial charge in [-0.05, 0) is 30.7 Å². The molecule has 5 heteroatoms. The second kappa shape index (κ2) is 4.96. The van der Waals surface area contributed by atoms with E-state index in [2.05, 4.69) is 5.32 Å². The summed E-state index contributed by atoms with van der Waals surface area (Å²) in [7, 11) is 0. The summed E-state index contributed by atoms with van der Waals surface area (Å²) in [6, 6.07) is 4.88. The number of carboxylic acid groups (broad SMARTS) is 1. The Morgan fingerprint density at radius 3 is 2.89 bits per heavy atom. The fourth-order valence-corrected chi connectivity index (χ4v) is 1.99. The van der Waals surface area contributed by atoms with Crippen molar-refractivity contribution in [3.05, 3.63) is 29.3 Å². The molecule has 1 aromatic carbocycles. The van der Waals surface area contributed by atoms with Crippen LogP contribution in [0.5, 0.6) is 0 Å². The molecule has 0 radical (unpaired) electrons. The molecule has 1 aromatic rings. The van der Waals surface area contributed by atoms with Crippen LogP contribution in [0.1, 0.15) is 22.3 Å². The second-order valence-corrected chi connectivity index (χ2v) is 4.72. The Labute approximate surface area is 105 Å². The monoisotopic (exact) mass is 251 g/mol. The van der Waals surface area contributed by atoms with Crippen molar-refractivity contribution in [3.8, 4) is 0 Å². The SMILES string of the molecule is Cc1cc(C(=O)O)ccc1NCC1(O)CCOC1. The number of rotatable bonds is 4. The number of carboxylic acids is 1. The first-order valence-corrected chi connectivity index (χ1v) is 5.88. The minimum Gasteiger partial charge on any atom is -0.478 e. The number of ether oxygens (including phenoxy) is 1. The quantitative estimate of drug-likeness (QED) is 0.750. The van der Waals surface area contributed by atoms with Crippen LogP contribution in [0.4, 0.5) is 5.69 Å². The summed E-state index contributed by atoms with van der Waals surface area (Å²) in [5, 5.41) is 22.1. The van der Waals surface area contributed by atoms with E-state index in [0.717, 1.165) is 11.3 Å². The van der Waals surface area contributed by atoms with E-state index in [0.29, 0.717) is 26.2 Å². The van der Waals surface area contributed by atoms with Gasteiger partial charge in [0.05, 0.1) is 12.2 Å². The van der Waals surface area contributed by atoms with Crippen LogP contribution in [0.25, 0.3) is 0 Å². The molecule has 1 atom stereocenters. The van der Waals surface area contributed by atoms with Gasteiger partial charge in [-0.1, -0.05) is 0 Å². The lowest BCUT2D eigenvalue weighted by atomic mass is 10.0. The summed E-state index contributed by atoms with van der Waals surface area (Å²) < 4.78 is 5.16. The molecule has 0 saturated carbocycles. The zero-order valence-corrected chi connectivity index (χ0v) is 10.3. The summed E-state index contributed by atoms with van der Waals surface area (Å²) in [4.78, 5) is 10.8. The van der Waals surface area contributed by atoms with Crippen molar-refractivity contribution in [3.63, 3.8) is 0 Å². The third-order valence-corrected chi connectivity index (χ3v) is 3.16. The third kappa shape index (κ3) is 2.80. The number of aliphatic hydroxyl groups is 1. The Morgan fingerprint density at radius 2 is 2.33 bits per heavy atom. The fraction of sp³-hybridized carbons (Fsp3) is 0.462. The maximum absolute atomic E-state index is 10.8. The molecule has 2 rings (SSSR count). The lowest BCUT2D eigenvalue weighted by Gasteiger charge is -2.22. The van der Waals surface area contributed by atoms with Crippen LogP contribution in [-0.4, -0.2) is 41.5 Å². The highest BCUT2D eigenvalue weighted by Crippen LogP contribution is 2.21. The number of carbonyl (C=O) groups is 1. The van der Waals surface area contributed by atoms with Crippen LogP contribution in [-0.2, 0) is 4.74 Å². The molecule has 0 aliphatic carbocycles. The van der Waals surface area contributed by atoms with Gasteiger partial charge in [0.15, 0.2) is 0 Å². The average Bonchev–Trinajstić information content (AvgIpc) is 2.75. The summed E-state index contributed by atoms with van der Waals surface area (Å²) in [6.07, 6.45) is 0.617. The van der Waals surface area contributed by atoms with Crippen LogP contribution in [0.3, 0.4) is 0 Å². The van der Waals surface area contributed by atoms with E-state index in [4.69, 9.17) is 9.84 Å². The number of anilines is 1. The van der Waals surface area contributed by atoms with Gasteiger partial charge in [-0.3, -0.25) is 0 Å².